The first-order valence-corrected chi connectivity index (χ1v) is 13.3. The van der Waals surface area contributed by atoms with Crippen molar-refractivity contribution in [2.45, 2.75) is 45.7 Å². The molecule has 1 saturated heterocycles. The SMILES string of the molecule is CC(C)CS(=O)(=O)N[C@@H](CNC(=O)c1ccc2c(c1)C(=O)N(CCC1CCNCC1)C2)C(=O)O. The number of aliphatic carboxylic acids is 1. The molecule has 2 aliphatic rings. The lowest BCUT2D eigenvalue weighted by Gasteiger charge is -2.25. The van der Waals surface area contributed by atoms with Gasteiger partial charge < -0.3 is 20.6 Å². The van der Waals surface area contributed by atoms with E-state index in [4.69, 9.17) is 0 Å². The van der Waals surface area contributed by atoms with Crippen LogP contribution in [0.2, 0.25) is 0 Å². The first kappa shape index (κ1) is 26.1. The largest absolute Gasteiger partial charge is 0.480 e. The van der Waals surface area contributed by atoms with Gasteiger partial charge in [-0.3, -0.25) is 14.4 Å². The van der Waals surface area contributed by atoms with Gasteiger partial charge >= 0.3 is 5.97 Å². The second-order valence-electron chi connectivity index (χ2n) is 9.47. The van der Waals surface area contributed by atoms with Crippen LogP contribution < -0.4 is 15.4 Å². The number of fused-ring (bicyclic) bond motifs is 1. The highest BCUT2D eigenvalue weighted by molar-refractivity contribution is 7.89. The topological polar surface area (TPSA) is 145 Å². The van der Waals surface area contributed by atoms with Crippen LogP contribution in [0.15, 0.2) is 18.2 Å². The van der Waals surface area contributed by atoms with Crippen LogP contribution in [0.4, 0.5) is 0 Å². The maximum atomic E-state index is 12.9. The van der Waals surface area contributed by atoms with E-state index in [1.165, 1.54) is 6.07 Å². The molecule has 34 heavy (non-hydrogen) atoms. The molecule has 1 fully saturated rings. The Morgan fingerprint density at radius 3 is 2.59 bits per heavy atom. The summed E-state index contributed by atoms with van der Waals surface area (Å²) in [4.78, 5) is 38.8. The van der Waals surface area contributed by atoms with Gasteiger partial charge in [0.25, 0.3) is 11.8 Å². The number of nitrogens with zero attached hydrogens (tertiary/aromatic N) is 1. The monoisotopic (exact) mass is 494 g/mol. The molecular weight excluding hydrogens is 460 g/mol. The molecule has 0 saturated carbocycles. The number of carboxylic acid groups (broad SMARTS) is 1. The summed E-state index contributed by atoms with van der Waals surface area (Å²) in [5.41, 5.74) is 1.56. The zero-order valence-corrected chi connectivity index (χ0v) is 20.5. The minimum absolute atomic E-state index is 0.108. The van der Waals surface area contributed by atoms with E-state index < -0.39 is 34.5 Å². The summed E-state index contributed by atoms with van der Waals surface area (Å²) >= 11 is 0. The van der Waals surface area contributed by atoms with Gasteiger partial charge in [0.05, 0.1) is 5.75 Å². The molecule has 10 nitrogen and oxygen atoms in total. The van der Waals surface area contributed by atoms with Gasteiger partial charge in [0.2, 0.25) is 10.0 Å². The Labute approximate surface area is 200 Å². The summed E-state index contributed by atoms with van der Waals surface area (Å²) in [7, 11) is -3.81. The molecule has 2 heterocycles. The third-order valence-corrected chi connectivity index (χ3v) is 7.91. The van der Waals surface area contributed by atoms with E-state index in [2.05, 4.69) is 15.4 Å². The third kappa shape index (κ3) is 7.00. The quantitative estimate of drug-likeness (QED) is 0.356. The maximum absolute atomic E-state index is 12.9. The predicted molar refractivity (Wildman–Crippen MR) is 127 cm³/mol. The van der Waals surface area contributed by atoms with E-state index in [9.17, 15) is 27.9 Å². The Hall–Kier alpha value is -2.50. The second kappa shape index (κ2) is 11.3. The Morgan fingerprint density at radius 2 is 1.94 bits per heavy atom. The number of piperidine rings is 1. The van der Waals surface area contributed by atoms with Crippen LogP contribution >= 0.6 is 0 Å². The molecule has 188 valence electrons. The Kier molecular flexibility index (Phi) is 8.67. The van der Waals surface area contributed by atoms with Gasteiger partial charge in [-0.15, -0.1) is 0 Å². The average molecular weight is 495 g/mol. The van der Waals surface area contributed by atoms with E-state index >= 15 is 0 Å². The van der Waals surface area contributed by atoms with E-state index in [0.29, 0.717) is 24.6 Å². The second-order valence-corrected chi connectivity index (χ2v) is 11.3. The van der Waals surface area contributed by atoms with E-state index in [1.807, 2.05) is 0 Å². The molecule has 4 N–H and O–H groups in total. The highest BCUT2D eigenvalue weighted by Gasteiger charge is 2.29. The summed E-state index contributed by atoms with van der Waals surface area (Å²) in [6, 6.07) is 3.37. The van der Waals surface area contributed by atoms with E-state index in [1.54, 1.807) is 30.9 Å². The minimum Gasteiger partial charge on any atom is -0.480 e. The number of benzene rings is 1. The molecule has 1 aromatic carbocycles. The Bertz CT molecular complexity index is 1020. The van der Waals surface area contributed by atoms with Crippen molar-refractivity contribution in [3.8, 4) is 0 Å². The van der Waals surface area contributed by atoms with Crippen LogP contribution in [0.25, 0.3) is 0 Å². The fourth-order valence-corrected chi connectivity index (χ4v) is 5.96. The van der Waals surface area contributed by atoms with Crippen molar-refractivity contribution in [2.75, 3.05) is 31.9 Å². The summed E-state index contributed by atoms with van der Waals surface area (Å²) in [6.45, 7) is 6.22. The summed E-state index contributed by atoms with van der Waals surface area (Å²) < 4.78 is 26.3. The zero-order chi connectivity index (χ0) is 24.9. The van der Waals surface area contributed by atoms with Crippen LogP contribution in [0.3, 0.4) is 0 Å². The number of nitrogens with one attached hydrogen (secondary N) is 3. The highest BCUT2D eigenvalue weighted by atomic mass is 32.2. The number of hydrogen-bond donors (Lipinski definition) is 4. The standard InChI is InChI=1S/C23H34N4O6S/c1-15(2)14-34(32,33)26-20(23(30)31)12-25-21(28)17-3-4-18-13-27(22(29)19(18)11-17)10-7-16-5-8-24-9-6-16/h3-4,11,15-16,20,24,26H,5-10,12-14H2,1-2H3,(H,25,28)(H,30,31)/t20-/m0/s1. The fraction of sp³-hybridized carbons (Fsp3) is 0.609. The zero-order valence-electron chi connectivity index (χ0n) is 19.7. The van der Waals surface area contributed by atoms with Crippen molar-refractivity contribution in [1.82, 2.24) is 20.3 Å². The minimum atomic E-state index is -3.81. The summed E-state index contributed by atoms with van der Waals surface area (Å²) in [5, 5.41) is 15.2. The smallest absolute Gasteiger partial charge is 0.323 e. The van der Waals surface area contributed by atoms with Crippen molar-refractivity contribution in [3.63, 3.8) is 0 Å². The lowest BCUT2D eigenvalue weighted by molar-refractivity contribution is -0.138. The number of hydrogen-bond acceptors (Lipinski definition) is 6. The molecule has 0 aromatic heterocycles. The lowest BCUT2D eigenvalue weighted by Crippen LogP contribution is -2.49. The number of amides is 2. The van der Waals surface area contributed by atoms with Gasteiger partial charge in [0.15, 0.2) is 0 Å². The Morgan fingerprint density at radius 1 is 1.24 bits per heavy atom. The fourth-order valence-electron chi connectivity index (χ4n) is 4.37. The van der Waals surface area contributed by atoms with Crippen molar-refractivity contribution < 1.29 is 27.9 Å². The molecule has 0 spiro atoms. The first-order valence-electron chi connectivity index (χ1n) is 11.7. The highest BCUT2D eigenvalue weighted by Crippen LogP contribution is 2.26. The van der Waals surface area contributed by atoms with Crippen LogP contribution in [-0.2, 0) is 21.4 Å². The Balaban J connectivity index is 1.58. The number of carboxylic acids is 1. The van der Waals surface area contributed by atoms with Gasteiger partial charge in [0, 0.05) is 30.8 Å². The van der Waals surface area contributed by atoms with Crippen molar-refractivity contribution in [2.24, 2.45) is 11.8 Å². The lowest BCUT2D eigenvalue weighted by atomic mass is 9.94. The number of carbonyl (C=O) groups excluding carboxylic acids is 2. The molecule has 2 aliphatic heterocycles. The van der Waals surface area contributed by atoms with Gasteiger partial charge in [-0.2, -0.15) is 4.72 Å². The van der Waals surface area contributed by atoms with Gasteiger partial charge in [-0.1, -0.05) is 19.9 Å². The molecule has 0 unspecified atom stereocenters. The van der Waals surface area contributed by atoms with Crippen molar-refractivity contribution in [1.29, 1.82) is 0 Å². The molecular formula is C23H34N4O6S. The molecule has 3 rings (SSSR count). The molecule has 0 bridgehead atoms. The predicted octanol–water partition coefficient (Wildman–Crippen LogP) is 0.791. The average Bonchev–Trinajstić information content (AvgIpc) is 3.09. The van der Waals surface area contributed by atoms with Crippen molar-refractivity contribution in [3.05, 3.63) is 34.9 Å². The summed E-state index contributed by atoms with van der Waals surface area (Å²) in [5.74, 6) is -1.85. The summed E-state index contributed by atoms with van der Waals surface area (Å²) in [6.07, 6.45) is 3.19. The van der Waals surface area contributed by atoms with Crippen LogP contribution in [0.5, 0.6) is 0 Å². The van der Waals surface area contributed by atoms with Crippen LogP contribution in [0, 0.1) is 11.8 Å². The molecule has 11 heteroatoms. The van der Waals surface area contributed by atoms with E-state index in [0.717, 1.165) is 37.9 Å². The maximum Gasteiger partial charge on any atom is 0.323 e. The molecule has 1 atom stereocenters. The number of carbonyl (C=O) groups is 3. The molecule has 0 radical (unpaired) electrons. The molecule has 1 aromatic rings. The van der Waals surface area contributed by atoms with Gasteiger partial charge in [-0.25, -0.2) is 8.42 Å². The molecule has 2 amide bonds. The van der Waals surface area contributed by atoms with Crippen LogP contribution in [-0.4, -0.2) is 74.2 Å². The first-order chi connectivity index (χ1) is 16.1. The number of sulfonamides is 1. The van der Waals surface area contributed by atoms with Crippen molar-refractivity contribution >= 4 is 27.8 Å². The van der Waals surface area contributed by atoms with Crippen LogP contribution in [0.1, 0.15) is 59.4 Å². The van der Waals surface area contributed by atoms with E-state index in [-0.39, 0.29) is 23.1 Å². The van der Waals surface area contributed by atoms with Gasteiger partial charge in [0.1, 0.15) is 6.04 Å². The van der Waals surface area contributed by atoms with Gasteiger partial charge in [-0.05, 0) is 61.9 Å². The third-order valence-electron chi connectivity index (χ3n) is 6.16. The normalized spacial score (nSPS) is 17.6. The number of rotatable bonds is 11. The molecule has 0 aliphatic carbocycles.